The lowest BCUT2D eigenvalue weighted by molar-refractivity contribution is 0.627. The average Bonchev–Trinajstić information content (AvgIpc) is 2.66. The summed E-state index contributed by atoms with van der Waals surface area (Å²) in [5.74, 6) is -0.406. The Hall–Kier alpha value is -1.20. The maximum Gasteiger partial charge on any atom is 0.206 e. The average molecular weight is 365 g/mol. The molecule has 0 aliphatic carbocycles. The molecule has 0 unspecified atom stereocenters. The molecule has 0 fully saturated rings. The van der Waals surface area contributed by atoms with Crippen molar-refractivity contribution in [1.29, 1.82) is 0 Å². The predicted octanol–water partition coefficient (Wildman–Crippen LogP) is 5.36. The number of imidazole rings is 1. The lowest BCUT2D eigenvalue weighted by Gasteiger charge is -2.11. The zero-order chi connectivity index (χ0) is 15.3. The van der Waals surface area contributed by atoms with E-state index in [0.29, 0.717) is 26.8 Å². The van der Waals surface area contributed by atoms with E-state index in [0.717, 1.165) is 12.1 Å². The molecule has 2 N–H and O–H groups in total. The molecule has 0 bridgehead atoms. The van der Waals surface area contributed by atoms with Gasteiger partial charge in [0.25, 0.3) is 0 Å². The molecule has 0 aliphatic rings. The molecule has 0 aliphatic heterocycles. The van der Waals surface area contributed by atoms with Crippen LogP contribution >= 0.6 is 46.4 Å². The van der Waals surface area contributed by atoms with Crippen molar-refractivity contribution >= 4 is 63.4 Å². The number of anilines is 1. The molecule has 2 aromatic carbocycles. The number of hydrogen-bond donors (Lipinski definition) is 1. The van der Waals surface area contributed by atoms with Gasteiger partial charge < -0.3 is 5.73 Å². The summed E-state index contributed by atoms with van der Waals surface area (Å²) in [7, 11) is 0. The van der Waals surface area contributed by atoms with Crippen molar-refractivity contribution in [2.24, 2.45) is 0 Å². The number of nitrogen functional groups attached to an aromatic ring is 1. The normalized spacial score (nSPS) is 11.3. The second-order valence-corrected chi connectivity index (χ2v) is 5.91. The summed E-state index contributed by atoms with van der Waals surface area (Å²) in [5.41, 5.74) is 7.34. The van der Waals surface area contributed by atoms with E-state index in [1.807, 2.05) is 0 Å². The minimum absolute atomic E-state index is 0.108. The number of halogens is 5. The topological polar surface area (TPSA) is 43.8 Å². The van der Waals surface area contributed by atoms with Crippen LogP contribution in [0.3, 0.4) is 0 Å². The molecule has 3 aromatic rings. The highest BCUT2D eigenvalue weighted by Crippen LogP contribution is 2.36. The van der Waals surface area contributed by atoms with Crippen LogP contribution in [0.15, 0.2) is 24.3 Å². The van der Waals surface area contributed by atoms with Gasteiger partial charge in [-0.2, -0.15) is 0 Å². The van der Waals surface area contributed by atoms with Crippen LogP contribution in [0.5, 0.6) is 0 Å². The fraction of sp³-hybridized carbons (Fsp3) is 0. The van der Waals surface area contributed by atoms with Crippen LogP contribution in [0.1, 0.15) is 0 Å². The Morgan fingerprint density at radius 3 is 2.10 bits per heavy atom. The van der Waals surface area contributed by atoms with Gasteiger partial charge in [0.15, 0.2) is 0 Å². The van der Waals surface area contributed by atoms with Gasteiger partial charge >= 0.3 is 0 Å². The number of fused-ring (bicyclic) bond motifs is 1. The molecular weight excluding hydrogens is 359 g/mol. The molecule has 0 atom stereocenters. The lowest BCUT2D eigenvalue weighted by atomic mass is 10.2. The number of rotatable bonds is 1. The first-order chi connectivity index (χ1) is 9.88. The Bertz CT molecular complexity index is 852. The van der Waals surface area contributed by atoms with Gasteiger partial charge in [-0.15, -0.1) is 0 Å². The third-order valence-electron chi connectivity index (χ3n) is 2.93. The van der Waals surface area contributed by atoms with Gasteiger partial charge in [-0.1, -0.05) is 46.4 Å². The van der Waals surface area contributed by atoms with Crippen LogP contribution in [-0.4, -0.2) is 9.55 Å². The standard InChI is InChI=1S/C13H6Cl4FN3/c14-6-3-10-11(4-7(6)15)21(13(19)20-10)12-8(16)1-5(18)2-9(12)17/h1-4H,(H2,19,20). The molecule has 108 valence electrons. The van der Waals surface area contributed by atoms with E-state index in [1.54, 1.807) is 12.1 Å². The van der Waals surface area contributed by atoms with E-state index in [4.69, 9.17) is 52.1 Å². The number of aromatic nitrogens is 2. The monoisotopic (exact) mass is 363 g/mol. The second-order valence-electron chi connectivity index (χ2n) is 4.28. The zero-order valence-corrected chi connectivity index (χ0v) is 13.2. The van der Waals surface area contributed by atoms with Crippen molar-refractivity contribution in [2.75, 3.05) is 5.73 Å². The fourth-order valence-electron chi connectivity index (χ4n) is 2.07. The molecule has 1 aromatic heterocycles. The Morgan fingerprint density at radius 2 is 1.48 bits per heavy atom. The van der Waals surface area contributed by atoms with Crippen LogP contribution in [0.25, 0.3) is 16.7 Å². The van der Waals surface area contributed by atoms with Crippen molar-refractivity contribution < 1.29 is 4.39 Å². The van der Waals surface area contributed by atoms with Crippen molar-refractivity contribution in [3.8, 4) is 5.69 Å². The van der Waals surface area contributed by atoms with Crippen molar-refractivity contribution in [1.82, 2.24) is 9.55 Å². The zero-order valence-electron chi connectivity index (χ0n) is 10.2. The summed E-state index contributed by atoms with van der Waals surface area (Å²) in [6, 6.07) is 5.47. The Morgan fingerprint density at radius 1 is 0.905 bits per heavy atom. The Kier molecular flexibility index (Phi) is 3.66. The van der Waals surface area contributed by atoms with Crippen LogP contribution in [0.4, 0.5) is 10.3 Å². The van der Waals surface area contributed by atoms with Crippen LogP contribution < -0.4 is 5.73 Å². The molecule has 3 rings (SSSR count). The summed E-state index contributed by atoms with van der Waals surface area (Å²) in [6.07, 6.45) is 0. The number of hydrogen-bond acceptors (Lipinski definition) is 2. The van der Waals surface area contributed by atoms with E-state index in [-0.39, 0.29) is 16.0 Å². The van der Waals surface area contributed by atoms with Gasteiger partial charge in [-0.3, -0.25) is 4.57 Å². The number of nitrogens with two attached hydrogens (primary N) is 1. The van der Waals surface area contributed by atoms with Gasteiger partial charge in [-0.25, -0.2) is 9.37 Å². The highest BCUT2D eigenvalue weighted by atomic mass is 35.5. The third-order valence-corrected chi connectivity index (χ3v) is 4.23. The minimum Gasteiger partial charge on any atom is -0.369 e. The second kappa shape index (κ2) is 5.21. The molecule has 21 heavy (non-hydrogen) atoms. The molecule has 0 spiro atoms. The van der Waals surface area contributed by atoms with E-state index in [9.17, 15) is 4.39 Å². The fourth-order valence-corrected chi connectivity index (χ4v) is 3.02. The third kappa shape index (κ3) is 2.42. The van der Waals surface area contributed by atoms with Crippen molar-refractivity contribution in [3.05, 3.63) is 50.2 Å². The van der Waals surface area contributed by atoms with Gasteiger partial charge in [0.2, 0.25) is 5.95 Å². The van der Waals surface area contributed by atoms with Crippen LogP contribution in [0.2, 0.25) is 20.1 Å². The molecule has 0 radical (unpaired) electrons. The molecule has 3 nitrogen and oxygen atoms in total. The molecular formula is C13H6Cl4FN3. The quantitative estimate of drug-likeness (QED) is 0.631. The number of benzene rings is 2. The van der Waals surface area contributed by atoms with Gasteiger partial charge in [0.05, 0.1) is 36.8 Å². The molecule has 0 amide bonds. The Labute approximate surface area is 139 Å². The Balaban J connectivity index is 2.41. The van der Waals surface area contributed by atoms with Crippen LogP contribution in [-0.2, 0) is 0 Å². The summed E-state index contributed by atoms with van der Waals surface area (Å²) in [5, 5.41) is 0.902. The van der Waals surface area contributed by atoms with Gasteiger partial charge in [0.1, 0.15) is 5.82 Å². The van der Waals surface area contributed by atoms with Crippen molar-refractivity contribution in [2.45, 2.75) is 0 Å². The summed E-state index contributed by atoms with van der Waals surface area (Å²) >= 11 is 24.1. The van der Waals surface area contributed by atoms with E-state index in [2.05, 4.69) is 4.98 Å². The summed E-state index contributed by atoms with van der Waals surface area (Å²) in [4.78, 5) is 4.18. The SMILES string of the molecule is Nc1nc2cc(Cl)c(Cl)cc2n1-c1c(Cl)cc(F)cc1Cl. The molecule has 0 saturated heterocycles. The largest absolute Gasteiger partial charge is 0.369 e. The first-order valence-corrected chi connectivity index (χ1v) is 7.17. The van der Waals surface area contributed by atoms with E-state index >= 15 is 0 Å². The summed E-state index contributed by atoms with van der Waals surface area (Å²) < 4.78 is 14.8. The highest BCUT2D eigenvalue weighted by Gasteiger charge is 2.18. The smallest absolute Gasteiger partial charge is 0.206 e. The maximum atomic E-state index is 13.3. The van der Waals surface area contributed by atoms with Crippen LogP contribution in [0, 0.1) is 5.82 Å². The van der Waals surface area contributed by atoms with Gasteiger partial charge in [-0.05, 0) is 24.3 Å². The predicted molar refractivity (Wildman–Crippen MR) is 85.5 cm³/mol. The maximum absolute atomic E-state index is 13.3. The summed E-state index contributed by atoms with van der Waals surface area (Å²) in [6.45, 7) is 0. The van der Waals surface area contributed by atoms with E-state index in [1.165, 1.54) is 4.57 Å². The van der Waals surface area contributed by atoms with Crippen molar-refractivity contribution in [3.63, 3.8) is 0 Å². The lowest BCUT2D eigenvalue weighted by Crippen LogP contribution is -2.02. The molecule has 0 saturated carbocycles. The molecule has 1 heterocycles. The first-order valence-electron chi connectivity index (χ1n) is 5.66. The molecule has 8 heteroatoms. The first kappa shape index (κ1) is 14.7. The van der Waals surface area contributed by atoms with E-state index < -0.39 is 5.82 Å². The highest BCUT2D eigenvalue weighted by molar-refractivity contribution is 6.42. The van der Waals surface area contributed by atoms with Gasteiger partial charge in [0, 0.05) is 0 Å². The minimum atomic E-state index is -0.544. The number of nitrogens with zero attached hydrogens (tertiary/aromatic N) is 2.